The van der Waals surface area contributed by atoms with E-state index in [2.05, 4.69) is 6.07 Å². The van der Waals surface area contributed by atoms with Gasteiger partial charge in [-0.15, -0.1) is 0 Å². The van der Waals surface area contributed by atoms with Gasteiger partial charge in [-0.2, -0.15) is 0 Å². The number of rotatable bonds is 6. The Kier molecular flexibility index (Phi) is 6.10. The lowest BCUT2D eigenvalue weighted by Crippen LogP contribution is -2.30. The van der Waals surface area contributed by atoms with Gasteiger partial charge in [0.2, 0.25) is 10.0 Å². The second-order valence-electron chi connectivity index (χ2n) is 8.69. The van der Waals surface area contributed by atoms with Gasteiger partial charge in [0, 0.05) is 16.5 Å². The first kappa shape index (κ1) is 22.8. The van der Waals surface area contributed by atoms with Gasteiger partial charge in [0.05, 0.1) is 29.7 Å². The van der Waals surface area contributed by atoms with Crippen molar-refractivity contribution in [1.29, 1.82) is 0 Å². The van der Waals surface area contributed by atoms with Crippen LogP contribution < -0.4 is 4.31 Å². The van der Waals surface area contributed by atoms with Crippen molar-refractivity contribution in [2.75, 3.05) is 10.6 Å². The minimum absolute atomic E-state index is 0.223. The standard InChI is InChI=1S/C30H26N2O2S/c1-22-12-11-17-25(20-22)28-29(24-15-7-4-8-16-24)31-27-19-10-9-18-26(27)30(28)32(35(2,33)34)21-23-13-5-3-6-14-23/h3-20H,21H2,1-2H3. The average molecular weight is 479 g/mol. The van der Waals surface area contributed by atoms with E-state index in [-0.39, 0.29) is 6.54 Å². The number of benzene rings is 4. The van der Waals surface area contributed by atoms with Gasteiger partial charge in [-0.3, -0.25) is 4.31 Å². The third-order valence-electron chi connectivity index (χ3n) is 6.04. The van der Waals surface area contributed by atoms with Crippen LogP contribution in [0.25, 0.3) is 33.3 Å². The van der Waals surface area contributed by atoms with Crippen LogP contribution in [0.5, 0.6) is 0 Å². The Hall–Kier alpha value is -3.96. The summed E-state index contributed by atoms with van der Waals surface area (Å²) in [6, 6.07) is 35.5. The fraction of sp³-hybridized carbons (Fsp3) is 0.100. The molecule has 0 fully saturated rings. The van der Waals surface area contributed by atoms with E-state index in [1.165, 1.54) is 10.6 Å². The van der Waals surface area contributed by atoms with Crippen molar-refractivity contribution in [3.63, 3.8) is 0 Å². The molecule has 0 N–H and O–H groups in total. The molecule has 1 aromatic heterocycles. The maximum absolute atomic E-state index is 13.4. The minimum Gasteiger partial charge on any atom is -0.265 e. The Morgan fingerprint density at radius 2 is 1.37 bits per heavy atom. The summed E-state index contributed by atoms with van der Waals surface area (Å²) < 4.78 is 28.3. The molecule has 0 spiro atoms. The summed E-state index contributed by atoms with van der Waals surface area (Å²) in [6.07, 6.45) is 1.27. The first-order valence-corrected chi connectivity index (χ1v) is 13.3. The molecule has 0 unspecified atom stereocenters. The highest BCUT2D eigenvalue weighted by Gasteiger charge is 2.27. The number of sulfonamides is 1. The van der Waals surface area contributed by atoms with E-state index in [1.54, 1.807) is 0 Å². The Bertz CT molecular complexity index is 1600. The molecule has 0 aliphatic carbocycles. The molecule has 5 heteroatoms. The number of anilines is 1. The molecular weight excluding hydrogens is 452 g/mol. The van der Waals surface area contributed by atoms with Crippen LogP contribution in [0, 0.1) is 6.92 Å². The van der Waals surface area contributed by atoms with Crippen molar-refractivity contribution in [2.45, 2.75) is 13.5 Å². The molecule has 1 heterocycles. The zero-order valence-corrected chi connectivity index (χ0v) is 20.5. The molecule has 0 aliphatic rings. The highest BCUT2D eigenvalue weighted by molar-refractivity contribution is 7.92. The fourth-order valence-corrected chi connectivity index (χ4v) is 5.35. The van der Waals surface area contributed by atoms with Gasteiger partial charge >= 0.3 is 0 Å². The quantitative estimate of drug-likeness (QED) is 0.268. The van der Waals surface area contributed by atoms with Crippen LogP contribution in [-0.2, 0) is 16.6 Å². The predicted molar refractivity (Wildman–Crippen MR) is 145 cm³/mol. The van der Waals surface area contributed by atoms with Crippen molar-refractivity contribution >= 4 is 26.6 Å². The number of nitrogens with zero attached hydrogens (tertiary/aromatic N) is 2. The number of para-hydroxylation sites is 1. The lowest BCUT2D eigenvalue weighted by atomic mass is 9.94. The maximum Gasteiger partial charge on any atom is 0.232 e. The highest BCUT2D eigenvalue weighted by atomic mass is 32.2. The molecule has 0 radical (unpaired) electrons. The summed E-state index contributed by atoms with van der Waals surface area (Å²) >= 11 is 0. The zero-order valence-electron chi connectivity index (χ0n) is 19.7. The molecule has 35 heavy (non-hydrogen) atoms. The van der Waals surface area contributed by atoms with Gasteiger partial charge in [0.25, 0.3) is 0 Å². The summed E-state index contributed by atoms with van der Waals surface area (Å²) in [4.78, 5) is 5.06. The van der Waals surface area contributed by atoms with Crippen LogP contribution in [0.2, 0.25) is 0 Å². The SMILES string of the molecule is Cc1cccc(-c2c(-c3ccccc3)nc3ccccc3c2N(Cc2ccccc2)S(C)(=O)=O)c1. The zero-order chi connectivity index (χ0) is 24.4. The van der Waals surface area contributed by atoms with Crippen molar-refractivity contribution in [1.82, 2.24) is 4.98 Å². The lowest BCUT2D eigenvalue weighted by Gasteiger charge is -2.28. The number of pyridine rings is 1. The van der Waals surface area contributed by atoms with E-state index in [1.807, 2.05) is 110 Å². The van der Waals surface area contributed by atoms with E-state index >= 15 is 0 Å². The lowest BCUT2D eigenvalue weighted by molar-refractivity contribution is 0.596. The van der Waals surface area contributed by atoms with Gasteiger partial charge in [0.15, 0.2) is 0 Å². The highest BCUT2D eigenvalue weighted by Crippen LogP contribution is 2.44. The summed E-state index contributed by atoms with van der Waals surface area (Å²) in [5.74, 6) is 0. The molecule has 0 saturated carbocycles. The third kappa shape index (κ3) is 4.68. The summed E-state index contributed by atoms with van der Waals surface area (Å²) in [5, 5.41) is 0.796. The number of hydrogen-bond acceptors (Lipinski definition) is 3. The van der Waals surface area contributed by atoms with Crippen molar-refractivity contribution in [2.24, 2.45) is 0 Å². The molecule has 0 aliphatic heterocycles. The molecule has 0 saturated heterocycles. The third-order valence-corrected chi connectivity index (χ3v) is 7.15. The first-order valence-electron chi connectivity index (χ1n) is 11.5. The van der Waals surface area contributed by atoms with Crippen LogP contribution >= 0.6 is 0 Å². The average Bonchev–Trinajstić information content (AvgIpc) is 2.87. The normalized spacial score (nSPS) is 11.5. The minimum atomic E-state index is -3.64. The van der Waals surface area contributed by atoms with Crippen LogP contribution in [0.1, 0.15) is 11.1 Å². The largest absolute Gasteiger partial charge is 0.265 e. The van der Waals surface area contributed by atoms with Gasteiger partial charge in [-0.1, -0.05) is 109 Å². The van der Waals surface area contributed by atoms with Crippen LogP contribution in [0.3, 0.4) is 0 Å². The molecule has 174 valence electrons. The van der Waals surface area contributed by atoms with E-state index in [0.29, 0.717) is 5.69 Å². The van der Waals surface area contributed by atoms with E-state index in [9.17, 15) is 8.42 Å². The summed E-state index contributed by atoms with van der Waals surface area (Å²) in [7, 11) is -3.64. The number of fused-ring (bicyclic) bond motifs is 1. The van der Waals surface area contributed by atoms with Crippen LogP contribution in [0.15, 0.2) is 109 Å². The predicted octanol–water partition coefficient (Wildman–Crippen LogP) is 6.84. The summed E-state index contributed by atoms with van der Waals surface area (Å²) in [5.41, 5.74) is 6.82. The molecule has 0 atom stereocenters. The number of aromatic nitrogens is 1. The second kappa shape index (κ2) is 9.35. The maximum atomic E-state index is 13.4. The van der Waals surface area contributed by atoms with Crippen molar-refractivity contribution in [3.8, 4) is 22.4 Å². The van der Waals surface area contributed by atoms with E-state index in [0.717, 1.165) is 44.4 Å². The van der Waals surface area contributed by atoms with Gasteiger partial charge < -0.3 is 0 Å². The Labute approximate surface area is 206 Å². The van der Waals surface area contributed by atoms with Crippen molar-refractivity contribution in [3.05, 3.63) is 120 Å². The molecule has 0 bridgehead atoms. The first-order chi connectivity index (χ1) is 16.9. The topological polar surface area (TPSA) is 50.3 Å². The number of aryl methyl sites for hydroxylation is 1. The Balaban J connectivity index is 1.92. The van der Waals surface area contributed by atoms with E-state index < -0.39 is 10.0 Å². The number of hydrogen-bond donors (Lipinski definition) is 0. The van der Waals surface area contributed by atoms with Crippen LogP contribution in [0.4, 0.5) is 5.69 Å². The molecule has 0 amide bonds. The van der Waals surface area contributed by atoms with Gasteiger partial charge in [-0.05, 0) is 24.1 Å². The fourth-order valence-electron chi connectivity index (χ4n) is 4.44. The Morgan fingerprint density at radius 3 is 2.06 bits per heavy atom. The monoisotopic (exact) mass is 478 g/mol. The molecule has 5 aromatic rings. The second-order valence-corrected chi connectivity index (χ2v) is 10.6. The molecule has 4 aromatic carbocycles. The summed E-state index contributed by atoms with van der Waals surface area (Å²) in [6.45, 7) is 2.26. The van der Waals surface area contributed by atoms with Crippen molar-refractivity contribution < 1.29 is 8.42 Å². The van der Waals surface area contributed by atoms with Crippen LogP contribution in [-0.4, -0.2) is 19.7 Å². The van der Waals surface area contributed by atoms with Gasteiger partial charge in [-0.25, -0.2) is 13.4 Å². The van der Waals surface area contributed by atoms with Gasteiger partial charge in [0.1, 0.15) is 0 Å². The van der Waals surface area contributed by atoms with E-state index in [4.69, 9.17) is 4.98 Å². The molecule has 4 nitrogen and oxygen atoms in total. The molecular formula is C30H26N2O2S. The Morgan fingerprint density at radius 1 is 0.743 bits per heavy atom. The molecule has 5 rings (SSSR count). The smallest absolute Gasteiger partial charge is 0.232 e.